The number of rotatable bonds is 4. The summed E-state index contributed by atoms with van der Waals surface area (Å²) in [5, 5.41) is 6.89. The number of carbonyl (C=O) groups is 1. The van der Waals surface area contributed by atoms with E-state index in [1.54, 1.807) is 0 Å². The molecule has 1 N–H and O–H groups in total. The molecule has 0 aliphatic heterocycles. The highest BCUT2D eigenvalue weighted by atomic mass is 35.5. The number of benzene rings is 1. The molecule has 0 bridgehead atoms. The van der Waals surface area contributed by atoms with Crippen LogP contribution in [0.1, 0.15) is 6.42 Å². The van der Waals surface area contributed by atoms with Crippen molar-refractivity contribution in [3.8, 4) is 0 Å². The topological polar surface area (TPSA) is 37.3 Å². The molecule has 0 aromatic heterocycles. The van der Waals surface area contributed by atoms with E-state index in [1.165, 1.54) is 24.3 Å². The number of halogens is 4. The van der Waals surface area contributed by atoms with E-state index in [9.17, 15) is 18.0 Å². The second-order valence-corrected chi connectivity index (χ2v) is 4.91. The van der Waals surface area contributed by atoms with E-state index >= 15 is 0 Å². The van der Waals surface area contributed by atoms with Gasteiger partial charge in [0.1, 0.15) is 5.25 Å². The SMILES string of the molecule is O=C(O)CC(Sc1ccc(Cl)cc1)C(F)(F)F. The number of hydrogen-bond acceptors (Lipinski definition) is 2. The van der Waals surface area contributed by atoms with E-state index in [4.69, 9.17) is 16.7 Å². The second-order valence-electron chi connectivity index (χ2n) is 3.20. The molecule has 0 fully saturated rings. The fourth-order valence-corrected chi connectivity index (χ4v) is 2.17. The lowest BCUT2D eigenvalue weighted by Gasteiger charge is -2.17. The van der Waals surface area contributed by atoms with Crippen LogP contribution in [0, 0.1) is 0 Å². The van der Waals surface area contributed by atoms with Gasteiger partial charge in [-0.1, -0.05) is 11.6 Å². The lowest BCUT2D eigenvalue weighted by Crippen LogP contribution is -2.28. The van der Waals surface area contributed by atoms with Crippen LogP contribution in [-0.4, -0.2) is 22.5 Å². The number of carboxylic acid groups (broad SMARTS) is 1. The van der Waals surface area contributed by atoms with Crippen molar-refractivity contribution in [2.24, 2.45) is 0 Å². The van der Waals surface area contributed by atoms with Gasteiger partial charge in [0.25, 0.3) is 0 Å². The van der Waals surface area contributed by atoms with Crippen molar-refractivity contribution in [1.82, 2.24) is 0 Å². The summed E-state index contributed by atoms with van der Waals surface area (Å²) in [4.78, 5) is 10.7. The van der Waals surface area contributed by atoms with Crippen LogP contribution >= 0.6 is 23.4 Å². The Bertz CT molecular complexity index is 392. The van der Waals surface area contributed by atoms with Crippen LogP contribution in [-0.2, 0) is 4.79 Å². The molecule has 1 unspecified atom stereocenters. The zero-order valence-corrected chi connectivity index (χ0v) is 9.94. The quantitative estimate of drug-likeness (QED) is 0.854. The van der Waals surface area contributed by atoms with E-state index in [0.29, 0.717) is 21.7 Å². The first-order valence-corrected chi connectivity index (χ1v) is 5.75. The first-order chi connectivity index (χ1) is 7.79. The van der Waals surface area contributed by atoms with Gasteiger partial charge in [-0.05, 0) is 24.3 Å². The van der Waals surface area contributed by atoms with Crippen LogP contribution in [0.25, 0.3) is 0 Å². The Morgan fingerprint density at radius 3 is 2.29 bits per heavy atom. The van der Waals surface area contributed by atoms with Gasteiger partial charge in [0.15, 0.2) is 0 Å². The molecular weight excluding hydrogens is 277 g/mol. The lowest BCUT2D eigenvalue weighted by atomic mass is 10.3. The minimum atomic E-state index is -4.55. The predicted octanol–water partition coefficient (Wildman–Crippen LogP) is 3.84. The summed E-state index contributed by atoms with van der Waals surface area (Å²) in [6, 6.07) is 5.76. The van der Waals surface area contributed by atoms with E-state index in [-0.39, 0.29) is 0 Å². The molecule has 0 radical (unpaired) electrons. The first-order valence-electron chi connectivity index (χ1n) is 4.50. The van der Waals surface area contributed by atoms with Crippen molar-refractivity contribution in [3.63, 3.8) is 0 Å². The molecule has 0 spiro atoms. The van der Waals surface area contributed by atoms with Crippen molar-refractivity contribution < 1.29 is 23.1 Å². The molecule has 0 heterocycles. The van der Waals surface area contributed by atoms with Gasteiger partial charge in [0.05, 0.1) is 6.42 Å². The number of carboxylic acids is 1. The lowest BCUT2D eigenvalue weighted by molar-refractivity contribution is -0.149. The van der Waals surface area contributed by atoms with Crippen LogP contribution in [0.4, 0.5) is 13.2 Å². The number of hydrogen-bond donors (Lipinski definition) is 1. The van der Waals surface area contributed by atoms with Crippen LogP contribution in [0.5, 0.6) is 0 Å². The van der Waals surface area contributed by atoms with Crippen LogP contribution < -0.4 is 0 Å². The number of thioether (sulfide) groups is 1. The van der Waals surface area contributed by atoms with Gasteiger partial charge in [0.2, 0.25) is 0 Å². The Morgan fingerprint density at radius 1 is 1.35 bits per heavy atom. The molecule has 1 atom stereocenters. The second kappa shape index (κ2) is 5.64. The molecular formula is C10H8ClF3O2S. The highest BCUT2D eigenvalue weighted by Gasteiger charge is 2.41. The van der Waals surface area contributed by atoms with Gasteiger partial charge < -0.3 is 5.11 Å². The van der Waals surface area contributed by atoms with Crippen molar-refractivity contribution in [3.05, 3.63) is 29.3 Å². The predicted molar refractivity (Wildman–Crippen MR) is 59.4 cm³/mol. The molecule has 0 aliphatic carbocycles. The minimum Gasteiger partial charge on any atom is -0.481 e. The fourth-order valence-electron chi connectivity index (χ4n) is 1.06. The highest BCUT2D eigenvalue weighted by molar-refractivity contribution is 8.00. The van der Waals surface area contributed by atoms with Gasteiger partial charge in [-0.2, -0.15) is 13.2 Å². The summed E-state index contributed by atoms with van der Waals surface area (Å²) < 4.78 is 37.6. The monoisotopic (exact) mass is 284 g/mol. The average molecular weight is 285 g/mol. The third kappa shape index (κ3) is 4.87. The summed E-state index contributed by atoms with van der Waals surface area (Å²) in [5.74, 6) is -1.48. The molecule has 2 nitrogen and oxygen atoms in total. The molecule has 0 saturated heterocycles. The third-order valence-electron chi connectivity index (χ3n) is 1.82. The Labute approximate surface area is 105 Å². The molecule has 94 valence electrons. The Kier molecular flexibility index (Phi) is 4.70. The van der Waals surface area contributed by atoms with Crippen LogP contribution in [0.3, 0.4) is 0 Å². The maximum atomic E-state index is 12.5. The molecule has 17 heavy (non-hydrogen) atoms. The highest BCUT2D eigenvalue weighted by Crippen LogP contribution is 2.37. The van der Waals surface area contributed by atoms with Gasteiger partial charge >= 0.3 is 12.1 Å². The van der Waals surface area contributed by atoms with E-state index in [1.807, 2.05) is 0 Å². The maximum Gasteiger partial charge on any atom is 0.401 e. The first kappa shape index (κ1) is 14.2. The van der Waals surface area contributed by atoms with E-state index < -0.39 is 23.8 Å². The van der Waals surface area contributed by atoms with E-state index in [0.717, 1.165) is 0 Å². The van der Waals surface area contributed by atoms with E-state index in [2.05, 4.69) is 0 Å². The normalized spacial score (nSPS) is 13.4. The van der Waals surface area contributed by atoms with Crippen LogP contribution in [0.2, 0.25) is 5.02 Å². The summed E-state index contributed by atoms with van der Waals surface area (Å²) in [7, 11) is 0. The van der Waals surface area contributed by atoms with Crippen molar-refractivity contribution in [2.45, 2.75) is 22.7 Å². The molecule has 0 amide bonds. The number of aliphatic carboxylic acids is 1. The van der Waals surface area contributed by atoms with Gasteiger partial charge in [-0.15, -0.1) is 11.8 Å². The largest absolute Gasteiger partial charge is 0.481 e. The van der Waals surface area contributed by atoms with Crippen LogP contribution in [0.15, 0.2) is 29.2 Å². The van der Waals surface area contributed by atoms with Crippen molar-refractivity contribution >= 4 is 29.3 Å². The van der Waals surface area contributed by atoms with Crippen molar-refractivity contribution in [1.29, 1.82) is 0 Å². The molecule has 0 saturated carbocycles. The molecule has 7 heteroatoms. The molecule has 1 aromatic carbocycles. The Morgan fingerprint density at radius 2 is 1.88 bits per heavy atom. The van der Waals surface area contributed by atoms with Gasteiger partial charge in [-0.3, -0.25) is 4.79 Å². The number of alkyl halides is 3. The summed E-state index contributed by atoms with van der Waals surface area (Å²) in [6.45, 7) is 0. The summed E-state index contributed by atoms with van der Waals surface area (Å²) >= 11 is 6.07. The Balaban J connectivity index is 2.79. The summed E-state index contributed by atoms with van der Waals surface area (Å²) in [6.07, 6.45) is -5.51. The molecule has 1 aromatic rings. The van der Waals surface area contributed by atoms with Crippen molar-refractivity contribution in [2.75, 3.05) is 0 Å². The maximum absolute atomic E-state index is 12.5. The standard InChI is InChI=1S/C10H8ClF3O2S/c11-6-1-3-7(4-2-6)17-8(5-9(15)16)10(12,13)14/h1-4,8H,5H2,(H,15,16). The zero-order chi connectivity index (χ0) is 13.1. The molecule has 0 aliphatic rings. The fraction of sp³-hybridized carbons (Fsp3) is 0.300. The smallest absolute Gasteiger partial charge is 0.401 e. The average Bonchev–Trinajstić information content (AvgIpc) is 2.18. The summed E-state index contributed by atoms with van der Waals surface area (Å²) in [5.41, 5.74) is 0. The van der Waals surface area contributed by atoms with Gasteiger partial charge in [0, 0.05) is 9.92 Å². The molecule has 1 rings (SSSR count). The zero-order valence-electron chi connectivity index (χ0n) is 8.37. The Hall–Kier alpha value is -0.880. The van der Waals surface area contributed by atoms with Gasteiger partial charge in [-0.25, -0.2) is 0 Å². The minimum absolute atomic E-state index is 0.331. The third-order valence-corrected chi connectivity index (χ3v) is 3.33.